The van der Waals surface area contributed by atoms with Crippen molar-refractivity contribution in [2.75, 3.05) is 20.1 Å². The Morgan fingerprint density at radius 3 is 2.38 bits per heavy atom. The molecule has 0 aromatic heterocycles. The van der Waals surface area contributed by atoms with Crippen molar-refractivity contribution in [1.29, 1.82) is 0 Å². The quantitative estimate of drug-likeness (QED) is 0.732. The Hall–Kier alpha value is -0.820. The zero-order valence-corrected chi connectivity index (χ0v) is 9.51. The van der Waals surface area contributed by atoms with E-state index in [0.29, 0.717) is 6.54 Å². The lowest BCUT2D eigenvalue weighted by Crippen LogP contribution is -2.48. The van der Waals surface area contributed by atoms with Gasteiger partial charge in [-0.25, -0.2) is 0 Å². The highest BCUT2D eigenvalue weighted by Crippen LogP contribution is 2.19. The second-order valence-electron chi connectivity index (χ2n) is 3.54. The van der Waals surface area contributed by atoms with E-state index >= 15 is 0 Å². The van der Waals surface area contributed by atoms with Crippen LogP contribution in [0.4, 0.5) is 13.2 Å². The summed E-state index contributed by atoms with van der Waals surface area (Å²) in [6.45, 7) is 3.01. The number of rotatable bonds is 5. The maximum Gasteiger partial charge on any atom is 0.415 e. The van der Waals surface area contributed by atoms with Gasteiger partial charge in [0.2, 0.25) is 5.91 Å². The zero-order chi connectivity index (χ0) is 12.9. The third kappa shape index (κ3) is 4.80. The van der Waals surface area contributed by atoms with Gasteiger partial charge in [0.1, 0.15) is 0 Å². The highest BCUT2D eigenvalue weighted by Gasteiger charge is 2.38. The van der Waals surface area contributed by atoms with Crippen molar-refractivity contribution in [3.05, 3.63) is 0 Å². The van der Waals surface area contributed by atoms with Crippen molar-refractivity contribution >= 4 is 5.91 Å². The van der Waals surface area contributed by atoms with Gasteiger partial charge >= 0.3 is 6.18 Å². The highest BCUT2D eigenvalue weighted by molar-refractivity contribution is 5.81. The minimum absolute atomic E-state index is 0.308. The fraction of sp³-hybridized carbons (Fsp3) is 0.889. The summed E-state index contributed by atoms with van der Waals surface area (Å²) in [5.74, 6) is -0.308. The van der Waals surface area contributed by atoms with E-state index in [-0.39, 0.29) is 5.91 Å². The second kappa shape index (κ2) is 6.05. The van der Waals surface area contributed by atoms with Crippen LogP contribution in [-0.2, 0) is 4.79 Å². The fourth-order valence-electron chi connectivity index (χ4n) is 0.978. The van der Waals surface area contributed by atoms with Crippen molar-refractivity contribution in [3.8, 4) is 0 Å². The van der Waals surface area contributed by atoms with Gasteiger partial charge in [-0.1, -0.05) is 0 Å². The average Bonchev–Trinajstić information content (AvgIpc) is 2.21. The van der Waals surface area contributed by atoms with Crippen LogP contribution in [0.25, 0.3) is 0 Å². The van der Waals surface area contributed by atoms with Crippen LogP contribution in [0.1, 0.15) is 13.8 Å². The molecule has 0 aliphatic heterocycles. The molecule has 0 aromatic rings. The van der Waals surface area contributed by atoms with Crippen LogP contribution in [-0.4, -0.2) is 54.4 Å². The van der Waals surface area contributed by atoms with Crippen LogP contribution < -0.4 is 5.32 Å². The number of alkyl halides is 3. The van der Waals surface area contributed by atoms with E-state index < -0.39 is 24.9 Å². The molecule has 0 heterocycles. The Balaban J connectivity index is 4.08. The highest BCUT2D eigenvalue weighted by atomic mass is 19.4. The first kappa shape index (κ1) is 15.2. The summed E-state index contributed by atoms with van der Waals surface area (Å²) >= 11 is 0. The molecular weight excluding hydrogens is 225 g/mol. The molecule has 0 aliphatic carbocycles. The monoisotopic (exact) mass is 242 g/mol. The number of hydrogen-bond acceptors (Lipinski definition) is 3. The molecule has 1 amide bonds. The van der Waals surface area contributed by atoms with Gasteiger partial charge in [0.25, 0.3) is 0 Å². The predicted molar refractivity (Wildman–Crippen MR) is 52.8 cm³/mol. The lowest BCUT2D eigenvalue weighted by molar-refractivity contribution is -0.202. The van der Waals surface area contributed by atoms with Crippen LogP contribution in [0, 0.1) is 0 Å². The number of carbonyl (C=O) groups excluding carboxylic acids is 1. The number of hydrogen-bond donors (Lipinski definition) is 2. The molecule has 0 aliphatic rings. The number of likely N-dealkylation sites (N-methyl/N-ethyl adjacent to an activating group) is 1. The Morgan fingerprint density at radius 1 is 1.50 bits per heavy atom. The Bertz CT molecular complexity index is 233. The standard InChI is InChI=1S/C9H17F3N2O2/c1-4-14(3)8(16)6(2)13-5-7(15)9(10,11)12/h6-7,13,15H,4-5H2,1-3H3. The predicted octanol–water partition coefficient (Wildman–Crippen LogP) is 0.366. The molecule has 7 heteroatoms. The van der Waals surface area contributed by atoms with Crippen LogP contribution in [0.3, 0.4) is 0 Å². The Kier molecular flexibility index (Phi) is 5.74. The lowest BCUT2D eigenvalue weighted by atomic mass is 10.2. The Labute approximate surface area is 92.4 Å². The zero-order valence-electron chi connectivity index (χ0n) is 9.51. The second-order valence-corrected chi connectivity index (χ2v) is 3.54. The third-order valence-electron chi connectivity index (χ3n) is 2.22. The molecular formula is C9H17F3N2O2. The van der Waals surface area contributed by atoms with Crippen LogP contribution in [0.15, 0.2) is 0 Å². The third-order valence-corrected chi connectivity index (χ3v) is 2.22. The molecule has 0 bridgehead atoms. The summed E-state index contributed by atoms with van der Waals surface area (Å²) in [7, 11) is 1.56. The van der Waals surface area contributed by atoms with Gasteiger partial charge in [-0.2, -0.15) is 13.2 Å². The lowest BCUT2D eigenvalue weighted by Gasteiger charge is -2.22. The topological polar surface area (TPSA) is 52.6 Å². The van der Waals surface area contributed by atoms with Gasteiger partial charge in [-0.05, 0) is 13.8 Å². The largest absolute Gasteiger partial charge is 0.415 e. The summed E-state index contributed by atoms with van der Waals surface area (Å²) in [5.41, 5.74) is 0. The number of nitrogens with zero attached hydrogens (tertiary/aromatic N) is 1. The summed E-state index contributed by atoms with van der Waals surface area (Å²) in [6.07, 6.45) is -7.11. The molecule has 0 radical (unpaired) electrons. The molecule has 0 saturated carbocycles. The Morgan fingerprint density at radius 2 is 2.00 bits per heavy atom. The first-order valence-corrected chi connectivity index (χ1v) is 4.93. The molecule has 0 spiro atoms. The number of halogens is 3. The van der Waals surface area contributed by atoms with Gasteiger partial charge in [-0.15, -0.1) is 0 Å². The summed E-state index contributed by atoms with van der Waals surface area (Å²) in [6, 6.07) is -0.748. The van der Waals surface area contributed by atoms with E-state index in [4.69, 9.17) is 5.11 Å². The molecule has 96 valence electrons. The average molecular weight is 242 g/mol. The molecule has 0 saturated heterocycles. The van der Waals surface area contributed by atoms with E-state index in [9.17, 15) is 18.0 Å². The van der Waals surface area contributed by atoms with Crippen LogP contribution in [0.5, 0.6) is 0 Å². The van der Waals surface area contributed by atoms with Crippen molar-refractivity contribution in [2.24, 2.45) is 0 Å². The molecule has 0 rings (SSSR count). The molecule has 2 atom stereocenters. The van der Waals surface area contributed by atoms with Gasteiger partial charge in [0.05, 0.1) is 6.04 Å². The van der Waals surface area contributed by atoms with Crippen LogP contribution in [0.2, 0.25) is 0 Å². The van der Waals surface area contributed by atoms with Gasteiger partial charge < -0.3 is 15.3 Å². The van der Waals surface area contributed by atoms with Crippen LogP contribution >= 0.6 is 0 Å². The molecule has 2 N–H and O–H groups in total. The molecule has 0 aromatic carbocycles. The van der Waals surface area contributed by atoms with E-state index in [1.807, 2.05) is 0 Å². The molecule has 4 nitrogen and oxygen atoms in total. The SMILES string of the molecule is CCN(C)C(=O)C(C)NCC(O)C(F)(F)F. The maximum absolute atomic E-state index is 11.9. The van der Waals surface area contributed by atoms with Gasteiger partial charge in [0.15, 0.2) is 6.10 Å². The van der Waals surface area contributed by atoms with Gasteiger partial charge in [-0.3, -0.25) is 4.79 Å². The van der Waals surface area contributed by atoms with E-state index in [2.05, 4.69) is 5.32 Å². The van der Waals surface area contributed by atoms with Crippen molar-refractivity contribution < 1.29 is 23.1 Å². The summed E-state index contributed by atoms with van der Waals surface area (Å²) in [4.78, 5) is 12.8. The number of carbonyl (C=O) groups is 1. The first-order valence-electron chi connectivity index (χ1n) is 4.93. The van der Waals surface area contributed by atoms with Gasteiger partial charge in [0, 0.05) is 20.1 Å². The van der Waals surface area contributed by atoms with E-state index in [1.165, 1.54) is 11.8 Å². The number of aliphatic hydroxyl groups excluding tert-OH is 1. The number of nitrogens with one attached hydrogen (secondary N) is 1. The maximum atomic E-state index is 11.9. The molecule has 0 fully saturated rings. The van der Waals surface area contributed by atoms with Crippen molar-refractivity contribution in [2.45, 2.75) is 32.2 Å². The fourth-order valence-corrected chi connectivity index (χ4v) is 0.978. The minimum atomic E-state index is -4.66. The normalized spacial score (nSPS) is 15.7. The summed E-state index contributed by atoms with van der Waals surface area (Å²) < 4.78 is 35.8. The number of aliphatic hydroxyl groups is 1. The number of amides is 1. The van der Waals surface area contributed by atoms with E-state index in [0.717, 1.165) is 0 Å². The first-order chi connectivity index (χ1) is 7.20. The smallest absolute Gasteiger partial charge is 0.382 e. The molecule has 16 heavy (non-hydrogen) atoms. The van der Waals surface area contributed by atoms with Crippen molar-refractivity contribution in [1.82, 2.24) is 10.2 Å². The molecule has 2 unspecified atom stereocenters. The van der Waals surface area contributed by atoms with E-state index in [1.54, 1.807) is 14.0 Å². The van der Waals surface area contributed by atoms with Crippen molar-refractivity contribution in [3.63, 3.8) is 0 Å². The summed E-state index contributed by atoms with van der Waals surface area (Å²) in [5, 5.41) is 11.0. The minimum Gasteiger partial charge on any atom is -0.382 e.